The molecule has 0 aromatic carbocycles. The van der Waals surface area contributed by atoms with E-state index in [-0.39, 0.29) is 6.10 Å². The van der Waals surface area contributed by atoms with Crippen LogP contribution in [-0.2, 0) is 0 Å². The molecular weight excluding hydrogens is 362 g/mol. The lowest BCUT2D eigenvalue weighted by atomic mass is 9.79. The summed E-state index contributed by atoms with van der Waals surface area (Å²) in [5.74, 6) is 0.857. The van der Waals surface area contributed by atoms with Gasteiger partial charge in [-0.2, -0.15) is 0 Å². The van der Waals surface area contributed by atoms with Gasteiger partial charge in [0.25, 0.3) is 0 Å². The average molecular weight is 394 g/mol. The predicted octanol–water partition coefficient (Wildman–Crippen LogP) is 3.13. The first-order chi connectivity index (χ1) is 14.2. The van der Waals surface area contributed by atoms with Gasteiger partial charge in [-0.15, -0.1) is 0 Å². The van der Waals surface area contributed by atoms with Crippen LogP contribution in [0, 0.1) is 5.41 Å². The molecule has 0 radical (unpaired) electrons. The van der Waals surface area contributed by atoms with Crippen molar-refractivity contribution in [2.24, 2.45) is 5.41 Å². The van der Waals surface area contributed by atoms with Crippen LogP contribution in [0.2, 0.25) is 0 Å². The Hall–Kier alpha value is -2.05. The molecule has 4 heterocycles. The molecule has 3 aliphatic rings. The monoisotopic (exact) mass is 393 g/mol. The third-order valence-corrected chi connectivity index (χ3v) is 7.23. The van der Waals surface area contributed by atoms with Crippen molar-refractivity contribution < 1.29 is 5.11 Å². The standard InChI is InChI=1S/C23H31N5O/c29-21-6-4-20(5-7-21)27-12-9-23(16-27)8-2-11-28(17-23)22-25-14-19(15-26-22)18-3-1-10-24-13-18/h1,3,10,13-15,20-21,29H,2,4-9,11-12,16-17H2/t20?,21?,23-/m1/s1. The van der Waals surface area contributed by atoms with Crippen LogP contribution < -0.4 is 4.90 Å². The van der Waals surface area contributed by atoms with E-state index >= 15 is 0 Å². The number of piperidine rings is 1. The molecule has 2 aliphatic heterocycles. The Morgan fingerprint density at radius 2 is 1.76 bits per heavy atom. The van der Waals surface area contributed by atoms with Crippen LogP contribution in [0.1, 0.15) is 44.9 Å². The highest BCUT2D eigenvalue weighted by molar-refractivity contribution is 5.60. The Bertz CT molecular complexity index is 806. The summed E-state index contributed by atoms with van der Waals surface area (Å²) in [6.07, 6.45) is 15.5. The first-order valence-electron chi connectivity index (χ1n) is 11.1. The normalized spacial score (nSPS) is 30.7. The van der Waals surface area contributed by atoms with Gasteiger partial charge in [-0.3, -0.25) is 9.88 Å². The molecule has 29 heavy (non-hydrogen) atoms. The molecule has 3 fully saturated rings. The van der Waals surface area contributed by atoms with Crippen molar-refractivity contribution in [3.8, 4) is 11.1 Å². The highest BCUT2D eigenvalue weighted by Gasteiger charge is 2.43. The number of aliphatic hydroxyl groups is 1. The number of aromatic nitrogens is 3. The van der Waals surface area contributed by atoms with Crippen LogP contribution in [0.3, 0.4) is 0 Å². The lowest BCUT2D eigenvalue weighted by molar-refractivity contribution is 0.0770. The predicted molar refractivity (Wildman–Crippen MR) is 114 cm³/mol. The maximum absolute atomic E-state index is 9.82. The minimum Gasteiger partial charge on any atom is -0.393 e. The van der Waals surface area contributed by atoms with Crippen molar-refractivity contribution in [3.63, 3.8) is 0 Å². The number of likely N-dealkylation sites (tertiary alicyclic amines) is 1. The maximum Gasteiger partial charge on any atom is 0.225 e. The third kappa shape index (κ3) is 4.01. The number of pyridine rings is 1. The maximum atomic E-state index is 9.82. The van der Waals surface area contributed by atoms with Crippen LogP contribution in [0.15, 0.2) is 36.9 Å². The van der Waals surface area contributed by atoms with Crippen LogP contribution in [0.4, 0.5) is 5.95 Å². The fourth-order valence-corrected chi connectivity index (χ4v) is 5.58. The molecule has 0 bridgehead atoms. The molecular formula is C23H31N5O. The van der Waals surface area contributed by atoms with Gasteiger partial charge in [0.2, 0.25) is 5.95 Å². The molecule has 0 amide bonds. The van der Waals surface area contributed by atoms with Crippen molar-refractivity contribution in [3.05, 3.63) is 36.9 Å². The second-order valence-corrected chi connectivity index (χ2v) is 9.22. The SMILES string of the molecule is OC1CCC(N2CC[C@]3(CCCN(c4ncc(-c5cccnc5)cn4)C3)C2)CC1. The van der Waals surface area contributed by atoms with Crippen molar-refractivity contribution in [1.29, 1.82) is 0 Å². The fourth-order valence-electron chi connectivity index (χ4n) is 5.58. The second-order valence-electron chi connectivity index (χ2n) is 9.22. The zero-order chi connectivity index (χ0) is 19.7. The van der Waals surface area contributed by atoms with E-state index in [1.807, 2.05) is 30.7 Å². The van der Waals surface area contributed by atoms with Crippen LogP contribution in [0.5, 0.6) is 0 Å². The molecule has 2 saturated heterocycles. The lowest BCUT2D eigenvalue weighted by Gasteiger charge is -2.41. The molecule has 2 aromatic heterocycles. The van der Waals surface area contributed by atoms with Crippen molar-refractivity contribution >= 4 is 5.95 Å². The molecule has 0 unspecified atom stereocenters. The molecule has 1 aliphatic carbocycles. The van der Waals surface area contributed by atoms with Gasteiger partial charge in [-0.25, -0.2) is 9.97 Å². The van der Waals surface area contributed by atoms with Gasteiger partial charge in [0, 0.05) is 67.0 Å². The first kappa shape index (κ1) is 18.9. The van der Waals surface area contributed by atoms with Gasteiger partial charge in [0.15, 0.2) is 0 Å². The van der Waals surface area contributed by atoms with Crippen molar-refractivity contribution in [2.75, 3.05) is 31.1 Å². The Kier molecular flexibility index (Phi) is 5.22. The van der Waals surface area contributed by atoms with Crippen LogP contribution in [-0.4, -0.2) is 63.3 Å². The van der Waals surface area contributed by atoms with Crippen molar-refractivity contribution in [1.82, 2.24) is 19.9 Å². The molecule has 2 aromatic rings. The Morgan fingerprint density at radius 3 is 2.52 bits per heavy atom. The Labute approximate surface area is 173 Å². The number of nitrogens with zero attached hydrogens (tertiary/aromatic N) is 5. The summed E-state index contributed by atoms with van der Waals surface area (Å²) in [5, 5.41) is 9.82. The minimum atomic E-state index is -0.0697. The topological polar surface area (TPSA) is 65.4 Å². The van der Waals surface area contributed by atoms with E-state index in [4.69, 9.17) is 9.97 Å². The van der Waals surface area contributed by atoms with E-state index in [2.05, 4.69) is 14.8 Å². The Balaban J connectivity index is 1.25. The fraction of sp³-hybridized carbons (Fsp3) is 0.609. The zero-order valence-corrected chi connectivity index (χ0v) is 17.1. The van der Waals surface area contributed by atoms with Gasteiger partial charge in [-0.05, 0) is 57.6 Å². The van der Waals surface area contributed by atoms with Crippen LogP contribution >= 0.6 is 0 Å². The van der Waals surface area contributed by atoms with Gasteiger partial charge in [-0.1, -0.05) is 6.07 Å². The van der Waals surface area contributed by atoms with E-state index < -0.39 is 0 Å². The van der Waals surface area contributed by atoms with Gasteiger partial charge in [0.1, 0.15) is 0 Å². The molecule has 1 spiro atoms. The van der Waals surface area contributed by atoms with E-state index in [9.17, 15) is 5.11 Å². The number of hydrogen-bond donors (Lipinski definition) is 1. The molecule has 154 valence electrons. The number of hydrogen-bond acceptors (Lipinski definition) is 6. The number of anilines is 1. The Morgan fingerprint density at radius 1 is 0.931 bits per heavy atom. The summed E-state index contributed by atoms with van der Waals surface area (Å²) < 4.78 is 0. The summed E-state index contributed by atoms with van der Waals surface area (Å²) in [5.41, 5.74) is 2.44. The minimum absolute atomic E-state index is 0.0697. The van der Waals surface area contributed by atoms with E-state index in [0.717, 1.165) is 55.8 Å². The van der Waals surface area contributed by atoms with Gasteiger partial charge >= 0.3 is 0 Å². The van der Waals surface area contributed by atoms with E-state index in [1.165, 1.54) is 32.4 Å². The third-order valence-electron chi connectivity index (χ3n) is 7.23. The molecule has 5 rings (SSSR count). The smallest absolute Gasteiger partial charge is 0.225 e. The molecule has 6 heteroatoms. The summed E-state index contributed by atoms with van der Waals surface area (Å²) >= 11 is 0. The number of aliphatic hydroxyl groups excluding tert-OH is 1. The molecule has 1 atom stereocenters. The zero-order valence-electron chi connectivity index (χ0n) is 17.1. The molecule has 1 N–H and O–H groups in total. The second kappa shape index (κ2) is 8.00. The quantitative estimate of drug-likeness (QED) is 0.864. The molecule has 1 saturated carbocycles. The van der Waals surface area contributed by atoms with Gasteiger partial charge in [0.05, 0.1) is 6.10 Å². The first-order valence-corrected chi connectivity index (χ1v) is 11.1. The van der Waals surface area contributed by atoms with Crippen molar-refractivity contribution in [2.45, 2.75) is 57.1 Å². The summed E-state index contributed by atoms with van der Waals surface area (Å²) in [6.45, 7) is 4.50. The highest BCUT2D eigenvalue weighted by Crippen LogP contribution is 2.42. The summed E-state index contributed by atoms with van der Waals surface area (Å²) in [7, 11) is 0. The summed E-state index contributed by atoms with van der Waals surface area (Å²) in [6, 6.07) is 4.65. The highest BCUT2D eigenvalue weighted by atomic mass is 16.3. The largest absolute Gasteiger partial charge is 0.393 e. The number of rotatable bonds is 3. The average Bonchev–Trinajstić information content (AvgIpc) is 3.18. The molecule has 6 nitrogen and oxygen atoms in total. The van der Waals surface area contributed by atoms with E-state index in [1.54, 1.807) is 6.20 Å². The lowest BCUT2D eigenvalue weighted by Crippen LogP contribution is -2.47. The van der Waals surface area contributed by atoms with E-state index in [0.29, 0.717) is 11.5 Å². The summed E-state index contributed by atoms with van der Waals surface area (Å²) in [4.78, 5) is 18.7. The van der Waals surface area contributed by atoms with Crippen LogP contribution in [0.25, 0.3) is 11.1 Å². The van der Waals surface area contributed by atoms with Gasteiger partial charge < -0.3 is 10.0 Å².